The molecule has 154 valence electrons. The van der Waals surface area contributed by atoms with Crippen molar-refractivity contribution in [2.75, 3.05) is 6.61 Å². The minimum atomic E-state index is -1.15. The number of carbonyl (C=O) groups is 1. The minimum Gasteiger partial charge on any atom is -0.465 e. The molecule has 1 unspecified atom stereocenters. The number of aromatic amines is 1. The third-order valence-electron chi connectivity index (χ3n) is 5.28. The number of hydrogen-bond acceptors (Lipinski definition) is 5. The first-order valence-electron chi connectivity index (χ1n) is 9.32. The van der Waals surface area contributed by atoms with Crippen molar-refractivity contribution in [3.63, 3.8) is 0 Å². The fourth-order valence-corrected chi connectivity index (χ4v) is 4.86. The molecule has 1 aliphatic rings. The summed E-state index contributed by atoms with van der Waals surface area (Å²) in [5, 5.41) is 4.22. The summed E-state index contributed by atoms with van der Waals surface area (Å²) < 4.78 is 6.41. The maximum absolute atomic E-state index is 13.2. The van der Waals surface area contributed by atoms with Gasteiger partial charge in [0.05, 0.1) is 12.3 Å². The largest absolute Gasteiger partial charge is 0.465 e. The highest BCUT2D eigenvalue weighted by Crippen LogP contribution is 2.50. The number of esters is 1. The van der Waals surface area contributed by atoms with E-state index in [1.165, 1.54) is 12.1 Å². The Balaban J connectivity index is 1.95. The molecule has 1 aliphatic carbocycles. The van der Waals surface area contributed by atoms with Crippen LogP contribution in [0.15, 0.2) is 52.2 Å². The number of benzene rings is 2. The van der Waals surface area contributed by atoms with Crippen molar-refractivity contribution >= 4 is 29.2 Å². The number of fused-ring (bicyclic) bond motifs is 1. The van der Waals surface area contributed by atoms with E-state index in [4.69, 9.17) is 27.9 Å². The molecule has 2 aromatic carbocycles. The monoisotopic (exact) mass is 445 g/mol. The molecule has 30 heavy (non-hydrogen) atoms. The second kappa shape index (κ2) is 7.74. The average Bonchev–Trinajstić information content (AvgIpc) is 3.08. The molecule has 0 amide bonds. The Morgan fingerprint density at radius 1 is 1.23 bits per heavy atom. The minimum absolute atomic E-state index is 0.196. The fraction of sp³-hybridized carbons (Fsp3) is 0.238. The zero-order chi connectivity index (χ0) is 21.5. The first-order chi connectivity index (χ1) is 14.4. The van der Waals surface area contributed by atoms with Gasteiger partial charge in [0.1, 0.15) is 11.6 Å². The molecule has 1 aromatic heterocycles. The number of halogens is 2. The summed E-state index contributed by atoms with van der Waals surface area (Å²) >= 11 is 13.3. The molecule has 1 atom stereocenters. The van der Waals surface area contributed by atoms with Crippen molar-refractivity contribution < 1.29 is 9.53 Å². The lowest BCUT2D eigenvalue weighted by Crippen LogP contribution is -2.37. The topological polar surface area (TPSA) is 94.1 Å². The van der Waals surface area contributed by atoms with Gasteiger partial charge in [0, 0.05) is 15.6 Å². The number of carbonyl (C=O) groups excluding carboxylic acids is 1. The van der Waals surface area contributed by atoms with E-state index in [0.717, 1.165) is 22.0 Å². The van der Waals surface area contributed by atoms with Crippen LogP contribution in [0.3, 0.4) is 0 Å². The number of nitrogens with one attached hydrogen (secondary N) is 1. The summed E-state index contributed by atoms with van der Waals surface area (Å²) in [7, 11) is 0. The van der Waals surface area contributed by atoms with E-state index in [9.17, 15) is 14.4 Å². The van der Waals surface area contributed by atoms with Crippen molar-refractivity contribution in [1.29, 1.82) is 0 Å². The van der Waals surface area contributed by atoms with Crippen molar-refractivity contribution in [3.8, 4) is 5.69 Å². The fourth-order valence-electron chi connectivity index (χ4n) is 4.07. The number of H-pyrrole nitrogens is 1. The third-order valence-corrected chi connectivity index (χ3v) is 5.88. The van der Waals surface area contributed by atoms with Crippen LogP contribution in [0.2, 0.25) is 10.0 Å². The molecule has 9 heteroatoms. The molecule has 1 heterocycles. The van der Waals surface area contributed by atoms with E-state index >= 15 is 0 Å². The van der Waals surface area contributed by atoms with Gasteiger partial charge in [0.2, 0.25) is 0 Å². The van der Waals surface area contributed by atoms with E-state index in [1.54, 1.807) is 6.92 Å². The molecule has 0 bridgehead atoms. The van der Waals surface area contributed by atoms with Crippen molar-refractivity contribution in [2.24, 2.45) is 0 Å². The Bertz CT molecular complexity index is 1240. The van der Waals surface area contributed by atoms with E-state index in [0.29, 0.717) is 18.4 Å². The number of ether oxygens (including phenoxy) is 1. The zero-order valence-electron chi connectivity index (χ0n) is 15.9. The summed E-state index contributed by atoms with van der Waals surface area (Å²) in [6.45, 7) is 1.96. The Hall–Kier alpha value is -2.90. The predicted molar refractivity (Wildman–Crippen MR) is 113 cm³/mol. The van der Waals surface area contributed by atoms with Crippen LogP contribution in [0.5, 0.6) is 0 Å². The lowest BCUT2D eigenvalue weighted by Gasteiger charge is -2.30. The van der Waals surface area contributed by atoms with Gasteiger partial charge in [-0.15, -0.1) is 0 Å². The summed E-state index contributed by atoms with van der Waals surface area (Å²) in [5.41, 5.74) is 0.0286. The van der Waals surface area contributed by atoms with Gasteiger partial charge >= 0.3 is 11.7 Å². The molecule has 0 saturated carbocycles. The van der Waals surface area contributed by atoms with E-state index in [-0.39, 0.29) is 22.3 Å². The first-order valence-corrected chi connectivity index (χ1v) is 10.1. The average molecular weight is 446 g/mol. The smallest absolute Gasteiger partial charge is 0.349 e. The molecule has 0 spiro atoms. The molecule has 0 aliphatic heterocycles. The number of hydrogen-bond donors (Lipinski definition) is 1. The highest BCUT2D eigenvalue weighted by atomic mass is 35.5. The van der Waals surface area contributed by atoms with Crippen molar-refractivity contribution in [2.45, 2.75) is 25.2 Å². The molecular formula is C21H17Cl2N3O4. The van der Waals surface area contributed by atoms with Crippen LogP contribution in [0.1, 0.15) is 30.0 Å². The van der Waals surface area contributed by atoms with Crippen LogP contribution in [0.4, 0.5) is 0 Å². The molecule has 0 fully saturated rings. The van der Waals surface area contributed by atoms with Gasteiger partial charge in [0.15, 0.2) is 0 Å². The molecule has 4 rings (SSSR count). The summed E-state index contributed by atoms with van der Waals surface area (Å²) in [6.07, 6.45) is 2.11. The number of nitrogens with zero attached hydrogens (tertiary/aromatic N) is 2. The summed E-state index contributed by atoms with van der Waals surface area (Å²) in [4.78, 5) is 38.8. The molecule has 0 radical (unpaired) electrons. The lowest BCUT2D eigenvalue weighted by atomic mass is 9.75. The highest BCUT2D eigenvalue weighted by Gasteiger charge is 2.50. The van der Waals surface area contributed by atoms with Gasteiger partial charge < -0.3 is 4.74 Å². The van der Waals surface area contributed by atoms with Crippen LogP contribution in [0, 0.1) is 0 Å². The van der Waals surface area contributed by atoms with Gasteiger partial charge in [-0.2, -0.15) is 9.78 Å². The van der Waals surface area contributed by atoms with Crippen LogP contribution in [0.25, 0.3) is 5.69 Å². The van der Waals surface area contributed by atoms with Crippen LogP contribution in [-0.2, 0) is 21.4 Å². The quantitative estimate of drug-likeness (QED) is 0.622. The van der Waals surface area contributed by atoms with Crippen LogP contribution >= 0.6 is 23.2 Å². The second-order valence-electron chi connectivity index (χ2n) is 6.92. The highest BCUT2D eigenvalue weighted by molar-refractivity contribution is 6.37. The maximum Gasteiger partial charge on any atom is 0.349 e. The number of aromatic nitrogens is 3. The molecular weight excluding hydrogens is 429 g/mol. The normalized spacial score (nSPS) is 17.6. The SMILES string of the molecule is CCOC(=O)C1(c2c(Cl)cc(-n3ncc(=O)[nH]c3=O)cc2Cl)CCc2ccccc21. The van der Waals surface area contributed by atoms with Gasteiger partial charge in [-0.25, -0.2) is 4.79 Å². The molecule has 0 saturated heterocycles. The Kier molecular flexibility index (Phi) is 5.26. The van der Waals surface area contributed by atoms with Crippen molar-refractivity contribution in [3.05, 3.63) is 90.2 Å². The summed E-state index contributed by atoms with van der Waals surface area (Å²) in [5.74, 6) is -0.425. The van der Waals surface area contributed by atoms with Gasteiger partial charge in [-0.05, 0) is 43.0 Å². The molecule has 3 aromatic rings. The van der Waals surface area contributed by atoms with E-state index in [2.05, 4.69) is 10.1 Å². The first kappa shape index (κ1) is 20.4. The Morgan fingerprint density at radius 3 is 2.60 bits per heavy atom. The van der Waals surface area contributed by atoms with E-state index in [1.807, 2.05) is 24.3 Å². The number of aryl methyl sites for hydroxylation is 1. The van der Waals surface area contributed by atoms with Crippen molar-refractivity contribution in [1.82, 2.24) is 14.8 Å². The Labute approximate surface area is 181 Å². The molecule has 1 N–H and O–H groups in total. The third kappa shape index (κ3) is 3.14. The lowest BCUT2D eigenvalue weighted by molar-refractivity contribution is -0.148. The van der Waals surface area contributed by atoms with E-state index < -0.39 is 22.6 Å². The second-order valence-corrected chi connectivity index (χ2v) is 7.73. The maximum atomic E-state index is 13.2. The standard InChI is InChI=1S/C21H17Cl2N3O4/c1-2-30-19(28)21(8-7-12-5-3-4-6-14(12)21)18-15(22)9-13(10-16(18)23)26-20(29)25-17(27)11-24-26/h3-6,9-11H,2,7-8H2,1H3,(H,25,27,29). The predicted octanol–water partition coefficient (Wildman–Crippen LogP) is 3.02. The van der Waals surface area contributed by atoms with Gasteiger partial charge in [-0.1, -0.05) is 47.5 Å². The van der Waals surface area contributed by atoms with Gasteiger partial charge in [0.25, 0.3) is 5.56 Å². The summed E-state index contributed by atoms with van der Waals surface area (Å²) in [6, 6.07) is 10.6. The number of rotatable bonds is 4. The van der Waals surface area contributed by atoms with Crippen LogP contribution in [-0.4, -0.2) is 27.3 Å². The van der Waals surface area contributed by atoms with Gasteiger partial charge in [-0.3, -0.25) is 14.6 Å². The molecule has 7 nitrogen and oxygen atoms in total. The Morgan fingerprint density at radius 2 is 1.93 bits per heavy atom. The van der Waals surface area contributed by atoms with Crippen LogP contribution < -0.4 is 11.2 Å². The zero-order valence-corrected chi connectivity index (χ0v) is 17.5.